The van der Waals surface area contributed by atoms with E-state index in [4.69, 9.17) is 5.73 Å². The van der Waals surface area contributed by atoms with Gasteiger partial charge >= 0.3 is 16.8 Å². The standard InChI is InChI=1S/C16H16N2O2.Co/c17-14(9-12-5-1-3-7-15(12)19)11-18-10-13-6-2-4-8-16(13)20;/h1-10,19-20H,11,17H2;/q;+2. The molecule has 1 radical (unpaired) electrons. The average Bonchev–Trinajstić information content (AvgIpc) is 2.43. The summed E-state index contributed by atoms with van der Waals surface area (Å²) in [7, 11) is 0. The Bertz CT molecular complexity index is 654. The molecule has 0 aromatic heterocycles. The smallest absolute Gasteiger partial charge is 0.507 e. The molecule has 5 heteroatoms. The summed E-state index contributed by atoms with van der Waals surface area (Å²) in [4.78, 5) is 4.17. The SMILES string of the molecule is NC(=Cc1ccccc1O)CN=Cc1ccccc1O.[Co+2]. The van der Waals surface area contributed by atoms with E-state index in [-0.39, 0.29) is 28.3 Å². The Morgan fingerprint density at radius 3 is 2.05 bits per heavy atom. The zero-order valence-electron chi connectivity index (χ0n) is 11.2. The molecule has 0 spiro atoms. The van der Waals surface area contributed by atoms with E-state index in [2.05, 4.69) is 4.99 Å². The quantitative estimate of drug-likeness (QED) is 0.755. The molecular formula is C16H16CoN2O2+2. The first-order chi connectivity index (χ1) is 9.66. The average molecular weight is 327 g/mol. The van der Waals surface area contributed by atoms with Crippen molar-refractivity contribution in [2.75, 3.05) is 6.54 Å². The number of aromatic hydroxyl groups is 2. The van der Waals surface area contributed by atoms with E-state index < -0.39 is 0 Å². The molecule has 4 nitrogen and oxygen atoms in total. The van der Waals surface area contributed by atoms with Gasteiger partial charge in [0.2, 0.25) is 0 Å². The van der Waals surface area contributed by atoms with Gasteiger partial charge in [-0.3, -0.25) is 4.99 Å². The molecule has 0 heterocycles. The number of hydrogen-bond acceptors (Lipinski definition) is 4. The second-order valence-electron chi connectivity index (χ2n) is 4.31. The summed E-state index contributed by atoms with van der Waals surface area (Å²) in [5.74, 6) is 0.361. The van der Waals surface area contributed by atoms with Crippen LogP contribution in [0.3, 0.4) is 0 Å². The van der Waals surface area contributed by atoms with Crippen molar-refractivity contribution in [2.45, 2.75) is 0 Å². The zero-order valence-corrected chi connectivity index (χ0v) is 12.3. The number of nitrogens with zero attached hydrogens (tertiary/aromatic N) is 1. The molecule has 0 amide bonds. The number of hydrogen-bond donors (Lipinski definition) is 3. The summed E-state index contributed by atoms with van der Waals surface area (Å²) in [6.07, 6.45) is 3.25. The van der Waals surface area contributed by atoms with Gasteiger partial charge in [0, 0.05) is 23.0 Å². The van der Waals surface area contributed by atoms with Crippen molar-refractivity contribution in [3.05, 3.63) is 65.4 Å². The summed E-state index contributed by atoms with van der Waals surface area (Å²) < 4.78 is 0. The Morgan fingerprint density at radius 2 is 1.48 bits per heavy atom. The largest absolute Gasteiger partial charge is 2.00 e. The first-order valence-electron chi connectivity index (χ1n) is 6.18. The fourth-order valence-corrected chi connectivity index (χ4v) is 1.70. The van der Waals surface area contributed by atoms with Crippen molar-refractivity contribution < 1.29 is 27.0 Å². The van der Waals surface area contributed by atoms with E-state index >= 15 is 0 Å². The van der Waals surface area contributed by atoms with E-state index in [1.807, 2.05) is 12.1 Å². The van der Waals surface area contributed by atoms with Crippen LogP contribution >= 0.6 is 0 Å². The molecule has 0 saturated heterocycles. The van der Waals surface area contributed by atoms with E-state index in [1.165, 1.54) is 0 Å². The molecule has 0 aliphatic heterocycles. The Hall–Kier alpha value is -2.24. The summed E-state index contributed by atoms with van der Waals surface area (Å²) in [5, 5.41) is 19.2. The first-order valence-corrected chi connectivity index (χ1v) is 6.18. The van der Waals surface area contributed by atoms with Gasteiger partial charge in [0.1, 0.15) is 11.5 Å². The molecule has 0 atom stereocenters. The minimum Gasteiger partial charge on any atom is -0.507 e. The number of rotatable bonds is 4. The van der Waals surface area contributed by atoms with Crippen molar-refractivity contribution >= 4 is 12.3 Å². The van der Waals surface area contributed by atoms with Gasteiger partial charge < -0.3 is 15.9 Å². The third-order valence-corrected chi connectivity index (χ3v) is 2.72. The minimum absolute atomic E-state index is 0. The Balaban J connectivity index is 0.00000220. The minimum atomic E-state index is 0. The van der Waals surface area contributed by atoms with Crippen molar-refractivity contribution in [2.24, 2.45) is 10.7 Å². The summed E-state index contributed by atoms with van der Waals surface area (Å²) >= 11 is 0. The number of phenols is 2. The number of para-hydroxylation sites is 2. The molecule has 2 rings (SSSR count). The molecule has 0 unspecified atom stereocenters. The van der Waals surface area contributed by atoms with Crippen LogP contribution in [0.15, 0.2) is 59.2 Å². The maximum absolute atomic E-state index is 9.63. The molecule has 109 valence electrons. The Morgan fingerprint density at radius 1 is 0.952 bits per heavy atom. The second-order valence-corrected chi connectivity index (χ2v) is 4.31. The number of benzene rings is 2. The van der Waals surface area contributed by atoms with Crippen LogP contribution in [0.1, 0.15) is 11.1 Å². The molecule has 0 saturated carbocycles. The van der Waals surface area contributed by atoms with Gasteiger partial charge in [-0.25, -0.2) is 0 Å². The van der Waals surface area contributed by atoms with Gasteiger partial charge in [0.25, 0.3) is 0 Å². The van der Waals surface area contributed by atoms with Gasteiger partial charge in [-0.1, -0.05) is 30.3 Å². The summed E-state index contributed by atoms with van der Waals surface area (Å²) in [6, 6.07) is 13.9. The molecular weight excluding hydrogens is 311 g/mol. The van der Waals surface area contributed by atoms with Crippen LogP contribution in [0.5, 0.6) is 11.5 Å². The van der Waals surface area contributed by atoms with Crippen molar-refractivity contribution in [1.29, 1.82) is 0 Å². The molecule has 0 fully saturated rings. The fraction of sp³-hybridized carbons (Fsp3) is 0.0625. The van der Waals surface area contributed by atoms with Crippen molar-refractivity contribution in [3.8, 4) is 11.5 Å². The molecule has 0 bridgehead atoms. The van der Waals surface area contributed by atoms with Crippen molar-refractivity contribution in [3.63, 3.8) is 0 Å². The molecule has 0 aliphatic rings. The topological polar surface area (TPSA) is 78.8 Å². The van der Waals surface area contributed by atoms with Crippen LogP contribution in [-0.2, 0) is 16.8 Å². The van der Waals surface area contributed by atoms with E-state index in [1.54, 1.807) is 48.7 Å². The first kappa shape index (κ1) is 16.8. The maximum Gasteiger partial charge on any atom is 2.00 e. The normalized spacial score (nSPS) is 11.3. The Labute approximate surface area is 133 Å². The predicted octanol–water partition coefficient (Wildman–Crippen LogP) is 2.51. The van der Waals surface area contributed by atoms with Gasteiger partial charge in [0.05, 0.1) is 6.54 Å². The van der Waals surface area contributed by atoms with Crippen LogP contribution < -0.4 is 5.73 Å². The van der Waals surface area contributed by atoms with Crippen LogP contribution in [0.25, 0.3) is 6.08 Å². The third-order valence-electron chi connectivity index (χ3n) is 2.72. The van der Waals surface area contributed by atoms with Gasteiger partial charge in [-0.2, -0.15) is 0 Å². The molecule has 0 aliphatic carbocycles. The Kier molecular flexibility index (Phi) is 6.51. The second kappa shape index (κ2) is 8.13. The van der Waals surface area contributed by atoms with Crippen LogP contribution in [-0.4, -0.2) is 23.0 Å². The summed E-state index contributed by atoms with van der Waals surface area (Å²) in [6.45, 7) is 0.294. The monoisotopic (exact) mass is 327 g/mol. The third kappa shape index (κ3) is 4.98. The van der Waals surface area contributed by atoms with E-state index in [0.29, 0.717) is 23.4 Å². The van der Waals surface area contributed by atoms with Gasteiger partial charge in [0.15, 0.2) is 0 Å². The fourth-order valence-electron chi connectivity index (χ4n) is 1.70. The number of phenolic OH excluding ortho intramolecular Hbond substituents is 2. The summed E-state index contributed by atoms with van der Waals surface area (Å²) in [5.41, 5.74) is 7.67. The maximum atomic E-state index is 9.63. The van der Waals surface area contributed by atoms with E-state index in [0.717, 1.165) is 0 Å². The number of nitrogens with two attached hydrogens (primary N) is 1. The number of aliphatic imine (C=N–C) groups is 1. The van der Waals surface area contributed by atoms with Gasteiger partial charge in [-0.05, 0) is 24.3 Å². The van der Waals surface area contributed by atoms with E-state index in [9.17, 15) is 10.2 Å². The van der Waals surface area contributed by atoms with Crippen molar-refractivity contribution in [1.82, 2.24) is 0 Å². The van der Waals surface area contributed by atoms with Crippen LogP contribution in [0.4, 0.5) is 0 Å². The molecule has 21 heavy (non-hydrogen) atoms. The van der Waals surface area contributed by atoms with Crippen LogP contribution in [0.2, 0.25) is 0 Å². The molecule has 2 aromatic carbocycles. The van der Waals surface area contributed by atoms with Gasteiger partial charge in [-0.15, -0.1) is 0 Å². The molecule has 2 aromatic rings. The molecule has 4 N–H and O–H groups in total. The zero-order chi connectivity index (χ0) is 14.4. The predicted molar refractivity (Wildman–Crippen MR) is 80.8 cm³/mol. The van der Waals surface area contributed by atoms with Crippen LogP contribution in [0, 0.1) is 0 Å².